The largest absolute Gasteiger partial charge is 0.508 e. The standard InChI is InChI=1S/C52H79N13O16S3/c1-25(2)18-34(61-50(79)41(26(3)4)65-44(73)33(15-16-40(69)70)58-43(72)32(6-5-17-56-52(54)55)57-48(77)37(21-66)62-42(71)31(53)22-82)45(74)59-35(19-27-7-11-29(67)12-8-27)46(75)60-36(20-28-9-13-30(68)14-10-28)47(76)63-38(23-83)49(78)64-39(24-84)51(80)81/h7-14,25-26,31-39,41,66-68,82-84H,5-6,15-24,53H2,1-4H3,(H,57,77)(H,58,72)(H,59,74)(H,60,75)(H,61,79)(H,62,71)(H,63,76)(H,64,78)(H,65,73)(H,69,70)(H,80,81)(H4,54,55,56)/t31-,32-,33-,34-,35-,36-,37-,38-,39-,41-/m0/s1. The van der Waals surface area contributed by atoms with E-state index in [4.69, 9.17) is 17.2 Å². The molecule has 2 aromatic carbocycles. The number of carbonyl (C=O) groups is 11. The summed E-state index contributed by atoms with van der Waals surface area (Å²) in [6, 6.07) is -3.62. The van der Waals surface area contributed by atoms with Gasteiger partial charge in [-0.15, -0.1) is 0 Å². The number of phenols is 2. The Morgan fingerprint density at radius 2 is 0.893 bits per heavy atom. The van der Waals surface area contributed by atoms with Gasteiger partial charge in [0.1, 0.15) is 65.9 Å². The lowest BCUT2D eigenvalue weighted by molar-refractivity contribution is -0.141. The Balaban J connectivity index is 2.55. The van der Waals surface area contributed by atoms with Crippen molar-refractivity contribution in [3.8, 4) is 11.5 Å². The van der Waals surface area contributed by atoms with Gasteiger partial charge in [0.2, 0.25) is 53.2 Å². The van der Waals surface area contributed by atoms with Crippen LogP contribution in [0, 0.1) is 11.8 Å². The minimum atomic E-state index is -1.68. The number of aliphatic carboxylic acids is 2. The van der Waals surface area contributed by atoms with E-state index in [0.29, 0.717) is 11.1 Å². The van der Waals surface area contributed by atoms with Crippen LogP contribution in [0.3, 0.4) is 0 Å². The van der Waals surface area contributed by atoms with Gasteiger partial charge in [0.05, 0.1) is 12.6 Å². The van der Waals surface area contributed by atoms with E-state index < -0.39 is 151 Å². The molecule has 0 unspecified atom stereocenters. The molecule has 0 aliphatic heterocycles. The molecule has 29 nitrogen and oxygen atoms in total. The number of nitrogens with two attached hydrogens (primary N) is 3. The first-order chi connectivity index (χ1) is 39.5. The smallest absolute Gasteiger partial charge is 0.327 e. The van der Waals surface area contributed by atoms with Crippen LogP contribution in [0.2, 0.25) is 0 Å². The third-order valence-electron chi connectivity index (χ3n) is 12.4. The van der Waals surface area contributed by atoms with Gasteiger partial charge in [-0.3, -0.25) is 52.9 Å². The highest BCUT2D eigenvalue weighted by molar-refractivity contribution is 7.80. The van der Waals surface area contributed by atoms with E-state index >= 15 is 0 Å². The molecule has 0 radical (unpaired) electrons. The number of carboxylic acid groups (broad SMARTS) is 2. The van der Waals surface area contributed by atoms with Crippen LogP contribution in [0.15, 0.2) is 53.5 Å². The minimum Gasteiger partial charge on any atom is -0.508 e. The van der Waals surface area contributed by atoms with Crippen molar-refractivity contribution in [1.82, 2.24) is 47.9 Å². The molecular formula is C52H79N13O16S3. The first-order valence-electron chi connectivity index (χ1n) is 26.5. The molecule has 466 valence electrons. The number of amides is 9. The molecule has 84 heavy (non-hydrogen) atoms. The molecule has 0 saturated carbocycles. The van der Waals surface area contributed by atoms with Gasteiger partial charge in [-0.05, 0) is 72.9 Å². The highest BCUT2D eigenvalue weighted by Gasteiger charge is 2.37. The molecule has 0 aromatic heterocycles. The number of thiol groups is 3. The van der Waals surface area contributed by atoms with E-state index in [1.807, 2.05) is 0 Å². The number of nitrogens with zero attached hydrogens (tertiary/aromatic N) is 1. The number of hydrogen-bond acceptors (Lipinski definition) is 19. The maximum Gasteiger partial charge on any atom is 0.327 e. The molecule has 9 amide bonds. The van der Waals surface area contributed by atoms with Gasteiger partial charge in [-0.25, -0.2) is 4.79 Å². The van der Waals surface area contributed by atoms with Gasteiger partial charge in [-0.2, -0.15) is 37.9 Å². The predicted octanol–water partition coefficient (Wildman–Crippen LogP) is -3.94. The quantitative estimate of drug-likeness (QED) is 0.0133. The summed E-state index contributed by atoms with van der Waals surface area (Å²) in [6.07, 6.45) is -1.94. The molecule has 32 heteroatoms. The lowest BCUT2D eigenvalue weighted by Gasteiger charge is -2.29. The van der Waals surface area contributed by atoms with Crippen molar-refractivity contribution in [2.75, 3.05) is 30.4 Å². The van der Waals surface area contributed by atoms with Crippen LogP contribution in [0.5, 0.6) is 11.5 Å². The Kier molecular flexibility index (Phi) is 31.9. The number of phenolic OH excluding ortho intramolecular Hbond substituents is 2. The van der Waals surface area contributed by atoms with Gasteiger partial charge >= 0.3 is 11.9 Å². The van der Waals surface area contributed by atoms with Crippen LogP contribution in [-0.4, -0.2) is 187 Å². The second kappa shape index (κ2) is 36.9. The Labute approximate surface area is 501 Å². The topological polar surface area (TPSA) is 488 Å². The molecule has 20 N–H and O–H groups in total. The Bertz CT molecular complexity index is 2600. The molecule has 0 saturated heterocycles. The van der Waals surface area contributed by atoms with Crippen molar-refractivity contribution >= 4 is 109 Å². The second-order valence-electron chi connectivity index (χ2n) is 20.1. The van der Waals surface area contributed by atoms with E-state index in [1.165, 1.54) is 62.4 Å². The number of aromatic hydroxyl groups is 2. The highest BCUT2D eigenvalue weighted by Crippen LogP contribution is 2.16. The number of rotatable bonds is 37. The van der Waals surface area contributed by atoms with Gasteiger partial charge < -0.3 is 90.6 Å². The fourth-order valence-corrected chi connectivity index (χ4v) is 8.46. The molecule has 2 aromatic rings. The van der Waals surface area contributed by atoms with E-state index in [-0.39, 0.29) is 79.3 Å². The first kappa shape index (κ1) is 72.6. The number of carboxylic acids is 2. The average molecular weight is 1240 g/mol. The average Bonchev–Trinajstić information content (AvgIpc) is 3.60. The van der Waals surface area contributed by atoms with Crippen LogP contribution in [0.4, 0.5) is 0 Å². The zero-order valence-electron chi connectivity index (χ0n) is 46.8. The molecule has 0 spiro atoms. The molecule has 0 heterocycles. The van der Waals surface area contributed by atoms with Gasteiger partial charge in [0.15, 0.2) is 5.96 Å². The van der Waals surface area contributed by atoms with Crippen LogP contribution < -0.4 is 65.1 Å². The summed E-state index contributed by atoms with van der Waals surface area (Å²) in [4.78, 5) is 152. The van der Waals surface area contributed by atoms with Crippen molar-refractivity contribution < 1.29 is 78.3 Å². The van der Waals surface area contributed by atoms with Crippen LogP contribution >= 0.6 is 37.9 Å². The molecule has 2 rings (SSSR count). The molecule has 0 bridgehead atoms. The maximum absolute atomic E-state index is 14.5. The molecule has 0 aliphatic carbocycles. The summed E-state index contributed by atoms with van der Waals surface area (Å²) in [7, 11) is 0. The third kappa shape index (κ3) is 25.9. The fourth-order valence-electron chi connectivity index (χ4n) is 7.79. The SMILES string of the molecule is CC(C)C[C@H](NC(=O)[C@@H](NC(=O)[C@H](CCC(=O)O)NC(=O)[C@H](CCCN=C(N)N)NC(=O)[C@H](CO)NC(=O)[C@@H](N)CS)C(C)C)C(=O)N[C@@H](Cc1ccc(O)cc1)C(=O)N[C@@H](Cc1ccc(O)cc1)C(=O)N[C@@H](CS)C(=O)N[C@@H](CS)C(=O)O. The van der Waals surface area contributed by atoms with Crippen molar-refractivity contribution in [2.45, 2.75) is 133 Å². The zero-order chi connectivity index (χ0) is 63.4. The molecule has 0 fully saturated rings. The normalized spacial score (nSPS) is 14.7. The van der Waals surface area contributed by atoms with Crippen molar-refractivity contribution in [1.29, 1.82) is 0 Å². The Morgan fingerprint density at radius 3 is 1.32 bits per heavy atom. The predicted molar refractivity (Wildman–Crippen MR) is 316 cm³/mol. The number of guanidine groups is 1. The summed E-state index contributed by atoms with van der Waals surface area (Å²) in [5.74, 6) is -13.7. The van der Waals surface area contributed by atoms with E-state index in [9.17, 15) is 78.3 Å². The van der Waals surface area contributed by atoms with E-state index in [1.54, 1.807) is 13.8 Å². The number of aliphatic hydroxyl groups excluding tert-OH is 1. The number of hydrogen-bond donors (Lipinski definition) is 20. The van der Waals surface area contributed by atoms with Crippen LogP contribution in [-0.2, 0) is 65.6 Å². The summed E-state index contributed by atoms with van der Waals surface area (Å²) in [6.45, 7) is 5.57. The third-order valence-corrected chi connectivity index (χ3v) is 13.5. The summed E-state index contributed by atoms with van der Waals surface area (Å²) in [5.41, 5.74) is 17.4. The first-order valence-corrected chi connectivity index (χ1v) is 28.4. The lowest BCUT2D eigenvalue weighted by Crippen LogP contribution is -2.62. The number of benzene rings is 2. The summed E-state index contributed by atoms with van der Waals surface area (Å²) in [5, 5.41) is 71.2. The van der Waals surface area contributed by atoms with Gasteiger partial charge in [-0.1, -0.05) is 52.0 Å². The molecule has 0 aliphatic rings. The fraction of sp³-hybridized carbons (Fsp3) is 0.538. The van der Waals surface area contributed by atoms with Crippen molar-refractivity contribution in [2.24, 2.45) is 34.0 Å². The molecular weight excluding hydrogens is 1160 g/mol. The van der Waals surface area contributed by atoms with Crippen LogP contribution in [0.1, 0.15) is 70.9 Å². The van der Waals surface area contributed by atoms with E-state index in [2.05, 4.69) is 90.7 Å². The summed E-state index contributed by atoms with van der Waals surface area (Å²) < 4.78 is 0. The summed E-state index contributed by atoms with van der Waals surface area (Å²) >= 11 is 12.1. The number of carbonyl (C=O) groups excluding carboxylic acids is 9. The maximum atomic E-state index is 14.5. The Morgan fingerprint density at radius 1 is 0.500 bits per heavy atom. The van der Waals surface area contributed by atoms with Crippen LogP contribution in [0.25, 0.3) is 0 Å². The lowest BCUT2D eigenvalue weighted by atomic mass is 9.98. The van der Waals surface area contributed by atoms with Gasteiger partial charge in [0.25, 0.3) is 0 Å². The minimum absolute atomic E-state index is 0.0339. The van der Waals surface area contributed by atoms with E-state index in [0.717, 1.165) is 0 Å². The highest BCUT2D eigenvalue weighted by atomic mass is 32.1. The second-order valence-corrected chi connectivity index (χ2v) is 21.2. The zero-order valence-corrected chi connectivity index (χ0v) is 49.5. The number of nitrogens with one attached hydrogen (secondary N) is 9. The molecule has 10 atom stereocenters. The van der Waals surface area contributed by atoms with Crippen molar-refractivity contribution in [3.63, 3.8) is 0 Å². The number of aliphatic hydroxyl groups is 1. The monoisotopic (exact) mass is 1240 g/mol. The van der Waals surface area contributed by atoms with Gasteiger partial charge in [0, 0.05) is 43.1 Å². The number of aliphatic imine (C=N–C) groups is 1. The van der Waals surface area contributed by atoms with Crippen molar-refractivity contribution in [3.05, 3.63) is 59.7 Å². The Hall–Kier alpha value is -7.55.